The Morgan fingerprint density at radius 2 is 2.36 bits per heavy atom. The maximum atomic E-state index is 8.96. The number of fused-ring (bicyclic) bond motifs is 1. The highest BCUT2D eigenvalue weighted by atomic mass is 79.9. The molecule has 2 heterocycles. The zero-order valence-corrected chi connectivity index (χ0v) is 8.98. The second-order valence-electron chi connectivity index (χ2n) is 3.01. The topological polar surface area (TPSA) is 63.5 Å². The Balaban J connectivity index is 2.66. The Hall–Kier alpha value is -0.910. The summed E-state index contributed by atoms with van der Waals surface area (Å²) in [7, 11) is 0. The molecule has 1 unspecified atom stereocenters. The molecule has 1 atom stereocenters. The molecule has 74 valence electrons. The highest BCUT2D eigenvalue weighted by Gasteiger charge is 2.13. The molecule has 2 aromatic rings. The second-order valence-corrected chi connectivity index (χ2v) is 3.76. The molecule has 0 aliphatic rings. The number of aliphatic hydroxyl groups excluding tert-OH is 1. The molecule has 4 nitrogen and oxygen atoms in total. The molecule has 2 rings (SSSR count). The number of aliphatic hydroxyl groups is 1. The third-order valence-electron chi connectivity index (χ3n) is 2.06. The summed E-state index contributed by atoms with van der Waals surface area (Å²) in [4.78, 5) is 4.26. The Labute approximate surface area is 89.5 Å². The minimum Gasteiger partial charge on any atom is -0.394 e. The summed E-state index contributed by atoms with van der Waals surface area (Å²) >= 11 is 3.35. The Morgan fingerprint density at radius 1 is 1.57 bits per heavy atom. The molecule has 0 bridgehead atoms. The number of halogens is 1. The van der Waals surface area contributed by atoms with Crippen molar-refractivity contribution in [3.05, 3.63) is 34.8 Å². The Morgan fingerprint density at radius 3 is 3.07 bits per heavy atom. The molecule has 0 aromatic carbocycles. The number of nitrogens with two attached hydrogens (primary N) is 1. The van der Waals surface area contributed by atoms with Gasteiger partial charge in [0.25, 0.3) is 0 Å². The minimum absolute atomic E-state index is 0.111. The van der Waals surface area contributed by atoms with E-state index in [9.17, 15) is 0 Å². The number of aromatic nitrogens is 2. The van der Waals surface area contributed by atoms with Crippen LogP contribution in [0.15, 0.2) is 29.0 Å². The summed E-state index contributed by atoms with van der Waals surface area (Å²) in [6.07, 6.45) is 1.87. The SMILES string of the molecule is NC(CO)c1nc(Br)c2ccccn12. The van der Waals surface area contributed by atoms with Gasteiger partial charge in [-0.15, -0.1) is 0 Å². The van der Waals surface area contributed by atoms with Crippen LogP contribution >= 0.6 is 15.9 Å². The molecule has 2 aromatic heterocycles. The smallest absolute Gasteiger partial charge is 0.134 e. The van der Waals surface area contributed by atoms with Crippen LogP contribution in [0.25, 0.3) is 5.52 Å². The van der Waals surface area contributed by atoms with E-state index in [2.05, 4.69) is 20.9 Å². The van der Waals surface area contributed by atoms with Gasteiger partial charge in [0.2, 0.25) is 0 Å². The van der Waals surface area contributed by atoms with Crippen LogP contribution in [0.2, 0.25) is 0 Å². The van der Waals surface area contributed by atoms with Gasteiger partial charge in [-0.2, -0.15) is 0 Å². The highest BCUT2D eigenvalue weighted by molar-refractivity contribution is 9.10. The summed E-state index contributed by atoms with van der Waals surface area (Å²) < 4.78 is 2.61. The number of hydrogen-bond acceptors (Lipinski definition) is 3. The first-order valence-electron chi connectivity index (χ1n) is 4.23. The number of imidazole rings is 1. The van der Waals surface area contributed by atoms with Crippen molar-refractivity contribution < 1.29 is 5.11 Å². The zero-order valence-electron chi connectivity index (χ0n) is 7.39. The van der Waals surface area contributed by atoms with Gasteiger partial charge in [-0.3, -0.25) is 0 Å². The van der Waals surface area contributed by atoms with Gasteiger partial charge in [0.05, 0.1) is 18.2 Å². The van der Waals surface area contributed by atoms with Gasteiger partial charge in [0.1, 0.15) is 10.4 Å². The molecule has 0 aliphatic carbocycles. The van der Waals surface area contributed by atoms with Crippen molar-refractivity contribution in [2.24, 2.45) is 5.73 Å². The van der Waals surface area contributed by atoms with Crippen LogP contribution < -0.4 is 5.73 Å². The van der Waals surface area contributed by atoms with Gasteiger partial charge < -0.3 is 15.2 Å². The van der Waals surface area contributed by atoms with Crippen LogP contribution in [0.3, 0.4) is 0 Å². The van der Waals surface area contributed by atoms with E-state index in [-0.39, 0.29) is 6.61 Å². The van der Waals surface area contributed by atoms with Crippen LogP contribution in [0.5, 0.6) is 0 Å². The molecule has 0 saturated heterocycles. The maximum Gasteiger partial charge on any atom is 0.134 e. The fourth-order valence-corrected chi connectivity index (χ4v) is 1.87. The van der Waals surface area contributed by atoms with Crippen LogP contribution in [-0.4, -0.2) is 21.1 Å². The Kier molecular flexibility index (Phi) is 2.54. The van der Waals surface area contributed by atoms with Crippen molar-refractivity contribution in [1.82, 2.24) is 9.38 Å². The lowest BCUT2D eigenvalue weighted by molar-refractivity contribution is 0.263. The summed E-state index contributed by atoms with van der Waals surface area (Å²) in [5.41, 5.74) is 6.67. The van der Waals surface area contributed by atoms with E-state index in [1.807, 2.05) is 28.8 Å². The number of hydrogen-bond donors (Lipinski definition) is 2. The van der Waals surface area contributed by atoms with E-state index in [0.717, 1.165) is 10.1 Å². The molecule has 0 radical (unpaired) electrons. The molecule has 14 heavy (non-hydrogen) atoms. The molecule has 5 heteroatoms. The summed E-state index contributed by atoms with van der Waals surface area (Å²) in [5, 5.41) is 8.96. The second kappa shape index (κ2) is 3.68. The van der Waals surface area contributed by atoms with E-state index in [1.165, 1.54) is 0 Å². The first-order chi connectivity index (χ1) is 6.74. The van der Waals surface area contributed by atoms with E-state index in [0.29, 0.717) is 5.82 Å². The monoisotopic (exact) mass is 255 g/mol. The van der Waals surface area contributed by atoms with Gasteiger partial charge in [-0.05, 0) is 28.1 Å². The summed E-state index contributed by atoms with van der Waals surface area (Å²) in [5.74, 6) is 0.662. The van der Waals surface area contributed by atoms with Gasteiger partial charge in [0.15, 0.2) is 0 Å². The van der Waals surface area contributed by atoms with E-state index in [4.69, 9.17) is 10.8 Å². The largest absolute Gasteiger partial charge is 0.394 e. The number of rotatable bonds is 2. The van der Waals surface area contributed by atoms with Crippen molar-refractivity contribution in [3.8, 4) is 0 Å². The third-order valence-corrected chi connectivity index (χ3v) is 2.64. The Bertz CT molecular complexity index is 454. The first-order valence-corrected chi connectivity index (χ1v) is 5.02. The van der Waals surface area contributed by atoms with Crippen LogP contribution in [0, 0.1) is 0 Å². The fourth-order valence-electron chi connectivity index (χ4n) is 1.37. The van der Waals surface area contributed by atoms with Gasteiger partial charge in [-0.1, -0.05) is 6.07 Å². The van der Waals surface area contributed by atoms with Gasteiger partial charge in [-0.25, -0.2) is 4.98 Å². The molecule has 0 saturated carbocycles. The predicted molar refractivity (Wildman–Crippen MR) is 56.9 cm³/mol. The van der Waals surface area contributed by atoms with Gasteiger partial charge >= 0.3 is 0 Å². The molecule has 3 N–H and O–H groups in total. The van der Waals surface area contributed by atoms with Crippen LogP contribution in [-0.2, 0) is 0 Å². The summed E-state index contributed by atoms with van der Waals surface area (Å²) in [6, 6.07) is 5.31. The minimum atomic E-state index is -0.448. The molecule has 0 spiro atoms. The molecule has 0 fully saturated rings. The predicted octanol–water partition coefficient (Wildman–Crippen LogP) is 1.09. The quantitative estimate of drug-likeness (QED) is 0.845. The third kappa shape index (κ3) is 1.43. The molecular formula is C9H10BrN3O. The van der Waals surface area contributed by atoms with E-state index >= 15 is 0 Å². The van der Waals surface area contributed by atoms with Gasteiger partial charge in [0, 0.05) is 6.20 Å². The number of nitrogens with zero attached hydrogens (tertiary/aromatic N) is 2. The van der Waals surface area contributed by atoms with E-state index in [1.54, 1.807) is 0 Å². The molecular weight excluding hydrogens is 246 g/mol. The lowest BCUT2D eigenvalue weighted by atomic mass is 10.3. The van der Waals surface area contributed by atoms with Crippen molar-refractivity contribution in [2.75, 3.05) is 6.61 Å². The van der Waals surface area contributed by atoms with Crippen molar-refractivity contribution in [1.29, 1.82) is 0 Å². The lowest BCUT2D eigenvalue weighted by Crippen LogP contribution is -2.17. The van der Waals surface area contributed by atoms with Crippen molar-refractivity contribution in [2.45, 2.75) is 6.04 Å². The molecule has 0 aliphatic heterocycles. The van der Waals surface area contributed by atoms with Crippen molar-refractivity contribution in [3.63, 3.8) is 0 Å². The highest BCUT2D eigenvalue weighted by Crippen LogP contribution is 2.21. The standard InChI is InChI=1S/C9H10BrN3O/c10-8-7-3-1-2-4-13(7)9(12-8)6(11)5-14/h1-4,6,14H,5,11H2. The summed E-state index contributed by atoms with van der Waals surface area (Å²) in [6.45, 7) is -0.111. The maximum absolute atomic E-state index is 8.96. The average molecular weight is 256 g/mol. The van der Waals surface area contributed by atoms with Crippen molar-refractivity contribution >= 4 is 21.4 Å². The van der Waals surface area contributed by atoms with Crippen LogP contribution in [0.1, 0.15) is 11.9 Å². The zero-order chi connectivity index (χ0) is 10.1. The number of pyridine rings is 1. The molecule has 0 amide bonds. The average Bonchev–Trinajstić information content (AvgIpc) is 2.56. The van der Waals surface area contributed by atoms with E-state index < -0.39 is 6.04 Å². The normalized spacial score (nSPS) is 13.4. The lowest BCUT2D eigenvalue weighted by Gasteiger charge is -2.05. The fraction of sp³-hybridized carbons (Fsp3) is 0.222. The van der Waals surface area contributed by atoms with Crippen LogP contribution in [0.4, 0.5) is 0 Å². The first kappa shape index (κ1) is 9.64.